The number of benzene rings is 2. The predicted molar refractivity (Wildman–Crippen MR) is 105 cm³/mol. The van der Waals surface area contributed by atoms with Crippen molar-refractivity contribution in [2.24, 2.45) is 0 Å². The van der Waals surface area contributed by atoms with E-state index in [1.807, 2.05) is 53.4 Å². The van der Waals surface area contributed by atoms with Gasteiger partial charge in [0, 0.05) is 26.2 Å². The number of halogens is 1. The Morgan fingerprint density at radius 3 is 2.58 bits per heavy atom. The van der Waals surface area contributed by atoms with Gasteiger partial charge in [-0.05, 0) is 24.3 Å². The highest BCUT2D eigenvalue weighted by molar-refractivity contribution is 7.22. The van der Waals surface area contributed by atoms with Gasteiger partial charge in [0.2, 0.25) is 0 Å². The Balaban J connectivity index is 1.34. The van der Waals surface area contributed by atoms with E-state index < -0.39 is 0 Å². The fraction of sp³-hybridized carbons (Fsp3) is 0.263. The van der Waals surface area contributed by atoms with E-state index in [4.69, 9.17) is 16.3 Å². The predicted octanol–water partition coefficient (Wildman–Crippen LogP) is 3.68. The molecule has 0 radical (unpaired) electrons. The minimum Gasteiger partial charge on any atom is -0.484 e. The molecule has 1 aromatic heterocycles. The number of thiazole rings is 1. The quantitative estimate of drug-likeness (QED) is 0.685. The van der Waals surface area contributed by atoms with E-state index in [1.54, 1.807) is 11.3 Å². The zero-order chi connectivity index (χ0) is 17.9. The van der Waals surface area contributed by atoms with Crippen LogP contribution in [0.3, 0.4) is 0 Å². The van der Waals surface area contributed by atoms with Gasteiger partial charge in [-0.25, -0.2) is 4.98 Å². The highest BCUT2D eigenvalue weighted by atomic mass is 35.5. The van der Waals surface area contributed by atoms with Crippen molar-refractivity contribution in [2.75, 3.05) is 37.7 Å². The number of fused-ring (bicyclic) bond motifs is 1. The summed E-state index contributed by atoms with van der Waals surface area (Å²) in [5, 5.41) is 1.64. The van der Waals surface area contributed by atoms with Gasteiger partial charge in [0.1, 0.15) is 11.3 Å². The lowest BCUT2D eigenvalue weighted by Gasteiger charge is -2.34. The topological polar surface area (TPSA) is 45.7 Å². The summed E-state index contributed by atoms with van der Waals surface area (Å²) in [5.74, 6) is 0.728. The second kappa shape index (κ2) is 7.51. The first-order valence-corrected chi connectivity index (χ1v) is 9.66. The number of carbonyl (C=O) groups is 1. The van der Waals surface area contributed by atoms with Crippen LogP contribution < -0.4 is 9.64 Å². The largest absolute Gasteiger partial charge is 0.484 e. The number of nitrogens with zero attached hydrogens (tertiary/aromatic N) is 3. The lowest BCUT2D eigenvalue weighted by molar-refractivity contribution is -0.133. The molecule has 5 nitrogen and oxygen atoms in total. The molecule has 1 saturated heterocycles. The van der Waals surface area contributed by atoms with Gasteiger partial charge in [0.15, 0.2) is 11.7 Å². The first-order valence-electron chi connectivity index (χ1n) is 8.46. The number of hydrogen-bond donors (Lipinski definition) is 0. The van der Waals surface area contributed by atoms with Crippen molar-refractivity contribution in [3.63, 3.8) is 0 Å². The van der Waals surface area contributed by atoms with Crippen molar-refractivity contribution in [1.82, 2.24) is 9.88 Å². The Labute approximate surface area is 160 Å². The molecule has 26 heavy (non-hydrogen) atoms. The van der Waals surface area contributed by atoms with Gasteiger partial charge < -0.3 is 14.5 Å². The van der Waals surface area contributed by atoms with E-state index >= 15 is 0 Å². The summed E-state index contributed by atoms with van der Waals surface area (Å²) >= 11 is 7.86. The molecule has 1 aliphatic heterocycles. The third-order valence-electron chi connectivity index (χ3n) is 4.37. The number of anilines is 1. The summed E-state index contributed by atoms with van der Waals surface area (Å²) in [4.78, 5) is 21.1. The summed E-state index contributed by atoms with van der Waals surface area (Å²) in [6.45, 7) is 2.92. The van der Waals surface area contributed by atoms with Crippen LogP contribution in [0.25, 0.3) is 10.2 Å². The molecule has 0 bridgehead atoms. The third-order valence-corrected chi connectivity index (χ3v) is 5.75. The molecule has 0 unspecified atom stereocenters. The van der Waals surface area contributed by atoms with E-state index in [0.717, 1.165) is 28.4 Å². The molecule has 2 aromatic carbocycles. The SMILES string of the molecule is O=C(COc1ccccc1)N1CCN(c2nc3c(Cl)cccc3s2)CC1. The number of carbonyl (C=O) groups excluding carboxylic acids is 1. The molecule has 7 heteroatoms. The molecule has 1 fully saturated rings. The molecule has 1 aliphatic rings. The molecule has 0 atom stereocenters. The van der Waals surface area contributed by atoms with E-state index in [1.165, 1.54) is 0 Å². The number of ether oxygens (including phenoxy) is 1. The summed E-state index contributed by atoms with van der Waals surface area (Å²) in [5.41, 5.74) is 0.851. The van der Waals surface area contributed by atoms with Crippen LogP contribution in [-0.4, -0.2) is 48.6 Å². The van der Waals surface area contributed by atoms with Crippen molar-refractivity contribution < 1.29 is 9.53 Å². The molecule has 134 valence electrons. The summed E-state index contributed by atoms with van der Waals surface area (Å²) in [6, 6.07) is 15.2. The van der Waals surface area contributed by atoms with E-state index in [2.05, 4.69) is 9.88 Å². The molecule has 1 amide bonds. The van der Waals surface area contributed by atoms with Crippen LogP contribution in [0.1, 0.15) is 0 Å². The molecule has 2 heterocycles. The standard InChI is InChI=1S/C19H18ClN3O2S/c20-15-7-4-8-16-18(15)21-19(26-16)23-11-9-22(10-12-23)17(24)13-25-14-5-2-1-3-6-14/h1-8H,9-13H2. The van der Waals surface area contributed by atoms with Crippen LogP contribution in [0.2, 0.25) is 5.02 Å². The number of para-hydroxylation sites is 2. The molecular formula is C19H18ClN3O2S. The van der Waals surface area contributed by atoms with Crippen LogP contribution in [0.15, 0.2) is 48.5 Å². The first-order chi connectivity index (χ1) is 12.7. The Hall–Kier alpha value is -2.31. The van der Waals surface area contributed by atoms with Gasteiger partial charge >= 0.3 is 0 Å². The van der Waals surface area contributed by atoms with Gasteiger partial charge in [-0.3, -0.25) is 4.79 Å². The zero-order valence-corrected chi connectivity index (χ0v) is 15.7. The van der Waals surface area contributed by atoms with E-state index in [-0.39, 0.29) is 12.5 Å². The van der Waals surface area contributed by atoms with E-state index in [0.29, 0.717) is 23.9 Å². The second-order valence-corrected chi connectivity index (χ2v) is 7.47. The smallest absolute Gasteiger partial charge is 0.260 e. The van der Waals surface area contributed by atoms with Gasteiger partial charge in [0.25, 0.3) is 5.91 Å². The maximum absolute atomic E-state index is 12.4. The lowest BCUT2D eigenvalue weighted by Crippen LogP contribution is -2.50. The first kappa shape index (κ1) is 17.1. The third kappa shape index (κ3) is 3.61. The monoisotopic (exact) mass is 387 g/mol. The van der Waals surface area contributed by atoms with Gasteiger partial charge in [-0.2, -0.15) is 0 Å². The lowest BCUT2D eigenvalue weighted by atomic mass is 10.3. The Morgan fingerprint density at radius 2 is 1.85 bits per heavy atom. The van der Waals surface area contributed by atoms with E-state index in [9.17, 15) is 4.79 Å². The highest BCUT2D eigenvalue weighted by Gasteiger charge is 2.23. The van der Waals surface area contributed by atoms with Crippen LogP contribution in [0.5, 0.6) is 5.75 Å². The van der Waals surface area contributed by atoms with Gasteiger partial charge in [0.05, 0.1) is 9.72 Å². The van der Waals surface area contributed by atoms with Gasteiger partial charge in [-0.15, -0.1) is 0 Å². The molecule has 0 saturated carbocycles. The summed E-state index contributed by atoms with van der Waals surface area (Å²) in [6.07, 6.45) is 0. The average Bonchev–Trinajstić information content (AvgIpc) is 3.13. The Bertz CT molecular complexity index is 908. The molecule has 3 aromatic rings. The molecule has 0 N–H and O–H groups in total. The summed E-state index contributed by atoms with van der Waals surface area (Å²) in [7, 11) is 0. The number of aromatic nitrogens is 1. The summed E-state index contributed by atoms with van der Waals surface area (Å²) < 4.78 is 6.64. The Kier molecular flexibility index (Phi) is 4.95. The fourth-order valence-corrected chi connectivity index (χ4v) is 4.26. The van der Waals surface area contributed by atoms with Crippen molar-refractivity contribution in [3.05, 3.63) is 53.6 Å². The van der Waals surface area contributed by atoms with Crippen molar-refractivity contribution in [3.8, 4) is 5.75 Å². The van der Waals surface area contributed by atoms with Crippen molar-refractivity contribution in [2.45, 2.75) is 0 Å². The van der Waals surface area contributed by atoms with Crippen molar-refractivity contribution in [1.29, 1.82) is 0 Å². The second-order valence-electron chi connectivity index (χ2n) is 6.05. The minimum absolute atomic E-state index is 0.0147. The minimum atomic E-state index is 0.0147. The van der Waals surface area contributed by atoms with Crippen LogP contribution in [0, 0.1) is 0 Å². The van der Waals surface area contributed by atoms with Crippen molar-refractivity contribution >= 4 is 44.2 Å². The number of rotatable bonds is 4. The van der Waals surface area contributed by atoms with Crippen LogP contribution in [0.4, 0.5) is 5.13 Å². The molecule has 0 spiro atoms. The van der Waals surface area contributed by atoms with Crippen LogP contribution in [-0.2, 0) is 4.79 Å². The number of hydrogen-bond acceptors (Lipinski definition) is 5. The average molecular weight is 388 g/mol. The molecule has 4 rings (SSSR count). The molecule has 0 aliphatic carbocycles. The highest BCUT2D eigenvalue weighted by Crippen LogP contribution is 2.33. The fourth-order valence-electron chi connectivity index (χ4n) is 2.94. The zero-order valence-electron chi connectivity index (χ0n) is 14.1. The number of amides is 1. The normalized spacial score (nSPS) is 14.7. The maximum Gasteiger partial charge on any atom is 0.260 e. The van der Waals surface area contributed by atoms with Gasteiger partial charge in [-0.1, -0.05) is 47.2 Å². The molecular weight excluding hydrogens is 370 g/mol. The Morgan fingerprint density at radius 1 is 1.08 bits per heavy atom. The number of piperazine rings is 1. The maximum atomic E-state index is 12.4. The van der Waals surface area contributed by atoms with Crippen LogP contribution >= 0.6 is 22.9 Å².